The molecule has 0 unspecified atom stereocenters. The third-order valence-electron chi connectivity index (χ3n) is 4.44. The molecule has 1 saturated heterocycles. The minimum atomic E-state index is -0.0270. The van der Waals surface area contributed by atoms with E-state index >= 15 is 0 Å². The molecule has 2 aromatic rings. The molecule has 2 aliphatic rings. The lowest BCUT2D eigenvalue weighted by Crippen LogP contribution is -2.49. The lowest BCUT2D eigenvalue weighted by atomic mass is 10.2. The van der Waals surface area contributed by atoms with Gasteiger partial charge in [-0.25, -0.2) is 9.97 Å². The first kappa shape index (κ1) is 14.0. The van der Waals surface area contributed by atoms with Crippen molar-refractivity contribution in [1.82, 2.24) is 25.1 Å². The van der Waals surface area contributed by atoms with Crippen molar-refractivity contribution in [3.05, 3.63) is 41.5 Å². The molecule has 23 heavy (non-hydrogen) atoms. The average Bonchev–Trinajstić information content (AvgIpc) is 3.10. The SMILES string of the molecule is O=C(c1cc2c(nn1)CCC2)N1CCN(c2ncccn2)CC1. The topological polar surface area (TPSA) is 75.1 Å². The van der Waals surface area contributed by atoms with Gasteiger partial charge in [-0.15, -0.1) is 5.10 Å². The van der Waals surface area contributed by atoms with Crippen LogP contribution in [0.25, 0.3) is 0 Å². The molecule has 1 amide bonds. The van der Waals surface area contributed by atoms with Crippen molar-refractivity contribution in [2.24, 2.45) is 0 Å². The van der Waals surface area contributed by atoms with Crippen molar-refractivity contribution in [3.63, 3.8) is 0 Å². The third-order valence-corrected chi connectivity index (χ3v) is 4.44. The monoisotopic (exact) mass is 310 g/mol. The van der Waals surface area contributed by atoms with Crippen molar-refractivity contribution in [3.8, 4) is 0 Å². The Morgan fingerprint density at radius 3 is 2.57 bits per heavy atom. The molecular formula is C16H18N6O. The molecular weight excluding hydrogens is 292 g/mol. The fraction of sp³-hybridized carbons (Fsp3) is 0.438. The lowest BCUT2D eigenvalue weighted by molar-refractivity contribution is 0.0739. The molecule has 3 heterocycles. The number of anilines is 1. The Bertz CT molecular complexity index is 712. The summed E-state index contributed by atoms with van der Waals surface area (Å²) in [5.41, 5.74) is 2.70. The quantitative estimate of drug-likeness (QED) is 0.813. The summed E-state index contributed by atoms with van der Waals surface area (Å²) < 4.78 is 0. The van der Waals surface area contributed by atoms with Gasteiger partial charge in [-0.05, 0) is 37.0 Å². The Hall–Kier alpha value is -2.57. The predicted octanol–water partition coefficient (Wildman–Crippen LogP) is 0.718. The molecule has 0 radical (unpaired) electrons. The van der Waals surface area contributed by atoms with Gasteiger partial charge in [0.1, 0.15) is 0 Å². The highest BCUT2D eigenvalue weighted by Gasteiger charge is 2.25. The molecule has 1 aliphatic heterocycles. The van der Waals surface area contributed by atoms with Crippen LogP contribution >= 0.6 is 0 Å². The van der Waals surface area contributed by atoms with E-state index < -0.39 is 0 Å². The molecule has 0 bridgehead atoms. The standard InChI is InChI=1S/C16H18N6O/c23-15(14-11-12-3-1-4-13(12)19-20-14)21-7-9-22(10-8-21)16-17-5-2-6-18-16/h2,5-6,11H,1,3-4,7-10H2. The normalized spacial score (nSPS) is 17.2. The molecule has 1 fully saturated rings. The minimum absolute atomic E-state index is 0.0270. The number of rotatable bonds is 2. The van der Waals surface area contributed by atoms with Crippen LogP contribution in [0.1, 0.15) is 28.2 Å². The maximum atomic E-state index is 12.6. The van der Waals surface area contributed by atoms with Gasteiger partial charge in [0.2, 0.25) is 5.95 Å². The molecule has 0 N–H and O–H groups in total. The van der Waals surface area contributed by atoms with Crippen molar-refractivity contribution >= 4 is 11.9 Å². The number of hydrogen-bond acceptors (Lipinski definition) is 6. The summed E-state index contributed by atoms with van der Waals surface area (Å²) in [7, 11) is 0. The third kappa shape index (κ3) is 2.74. The second-order valence-electron chi connectivity index (χ2n) is 5.88. The highest BCUT2D eigenvalue weighted by Crippen LogP contribution is 2.20. The molecule has 0 aromatic carbocycles. The van der Waals surface area contributed by atoms with E-state index in [9.17, 15) is 4.79 Å². The second-order valence-corrected chi connectivity index (χ2v) is 5.88. The van der Waals surface area contributed by atoms with Gasteiger partial charge >= 0.3 is 0 Å². The zero-order valence-corrected chi connectivity index (χ0v) is 12.9. The van der Waals surface area contributed by atoms with Crippen LogP contribution in [0.2, 0.25) is 0 Å². The van der Waals surface area contributed by atoms with E-state index in [1.807, 2.05) is 11.0 Å². The minimum Gasteiger partial charge on any atom is -0.337 e. The van der Waals surface area contributed by atoms with E-state index in [-0.39, 0.29) is 5.91 Å². The summed E-state index contributed by atoms with van der Waals surface area (Å²) in [5.74, 6) is 0.692. The Morgan fingerprint density at radius 1 is 1.00 bits per heavy atom. The summed E-state index contributed by atoms with van der Waals surface area (Å²) >= 11 is 0. The maximum absolute atomic E-state index is 12.6. The number of carbonyl (C=O) groups excluding carboxylic acids is 1. The van der Waals surface area contributed by atoms with Gasteiger partial charge in [-0.2, -0.15) is 5.10 Å². The molecule has 0 spiro atoms. The van der Waals surface area contributed by atoms with E-state index in [1.54, 1.807) is 18.5 Å². The van der Waals surface area contributed by atoms with Crippen LogP contribution in [0, 0.1) is 0 Å². The number of hydrogen-bond donors (Lipinski definition) is 0. The smallest absolute Gasteiger partial charge is 0.274 e. The van der Waals surface area contributed by atoms with Gasteiger partial charge in [0, 0.05) is 38.6 Å². The van der Waals surface area contributed by atoms with Gasteiger partial charge in [-0.3, -0.25) is 4.79 Å². The average molecular weight is 310 g/mol. The Labute approximate surface area is 134 Å². The molecule has 118 valence electrons. The van der Waals surface area contributed by atoms with Crippen molar-refractivity contribution in [2.75, 3.05) is 31.1 Å². The fourth-order valence-electron chi connectivity index (χ4n) is 3.16. The summed E-state index contributed by atoms with van der Waals surface area (Å²) in [5, 5.41) is 8.33. The summed E-state index contributed by atoms with van der Waals surface area (Å²) in [4.78, 5) is 25.1. The van der Waals surface area contributed by atoms with E-state index in [1.165, 1.54) is 5.56 Å². The zero-order chi connectivity index (χ0) is 15.6. The molecule has 7 heteroatoms. The molecule has 0 saturated carbocycles. The number of aromatic nitrogens is 4. The van der Waals surface area contributed by atoms with Crippen molar-refractivity contribution in [2.45, 2.75) is 19.3 Å². The predicted molar refractivity (Wildman–Crippen MR) is 84.2 cm³/mol. The Kier molecular flexibility index (Phi) is 3.61. The number of piperazine rings is 1. The Morgan fingerprint density at radius 2 is 1.78 bits per heavy atom. The second kappa shape index (κ2) is 5.91. The van der Waals surface area contributed by atoms with Crippen LogP contribution in [0.15, 0.2) is 24.5 Å². The Balaban J connectivity index is 1.43. The van der Waals surface area contributed by atoms with Gasteiger partial charge < -0.3 is 9.80 Å². The molecule has 2 aromatic heterocycles. The largest absolute Gasteiger partial charge is 0.337 e. The number of aryl methyl sites for hydroxylation is 2. The summed E-state index contributed by atoms with van der Waals surface area (Å²) in [6.45, 7) is 2.76. The molecule has 1 aliphatic carbocycles. The van der Waals surface area contributed by atoms with E-state index in [0.717, 1.165) is 44.0 Å². The number of fused-ring (bicyclic) bond motifs is 1. The highest BCUT2D eigenvalue weighted by molar-refractivity contribution is 5.92. The van der Waals surface area contributed by atoms with Crippen LogP contribution in [-0.2, 0) is 12.8 Å². The van der Waals surface area contributed by atoms with E-state index in [4.69, 9.17) is 0 Å². The number of amides is 1. The maximum Gasteiger partial charge on any atom is 0.274 e. The zero-order valence-electron chi connectivity index (χ0n) is 12.9. The first-order chi connectivity index (χ1) is 11.3. The van der Waals surface area contributed by atoms with Crippen LogP contribution in [0.3, 0.4) is 0 Å². The lowest BCUT2D eigenvalue weighted by Gasteiger charge is -2.34. The van der Waals surface area contributed by atoms with Crippen molar-refractivity contribution < 1.29 is 4.79 Å². The van der Waals surface area contributed by atoms with Crippen LogP contribution in [0.5, 0.6) is 0 Å². The number of nitrogens with zero attached hydrogens (tertiary/aromatic N) is 6. The van der Waals surface area contributed by atoms with Crippen molar-refractivity contribution in [1.29, 1.82) is 0 Å². The van der Waals surface area contributed by atoms with Gasteiger partial charge in [0.15, 0.2) is 5.69 Å². The molecule has 7 nitrogen and oxygen atoms in total. The van der Waals surface area contributed by atoms with Crippen LogP contribution in [0.4, 0.5) is 5.95 Å². The van der Waals surface area contributed by atoms with E-state index in [0.29, 0.717) is 18.8 Å². The van der Waals surface area contributed by atoms with E-state index in [2.05, 4.69) is 25.1 Å². The summed E-state index contributed by atoms with van der Waals surface area (Å²) in [6.07, 6.45) is 6.56. The number of carbonyl (C=O) groups is 1. The fourth-order valence-corrected chi connectivity index (χ4v) is 3.16. The highest BCUT2D eigenvalue weighted by atomic mass is 16.2. The van der Waals surface area contributed by atoms with Crippen LogP contribution < -0.4 is 4.90 Å². The molecule has 4 rings (SSSR count). The van der Waals surface area contributed by atoms with Gasteiger partial charge in [0.05, 0.1) is 5.69 Å². The first-order valence-corrected chi connectivity index (χ1v) is 7.98. The van der Waals surface area contributed by atoms with Crippen LogP contribution in [-0.4, -0.2) is 57.2 Å². The van der Waals surface area contributed by atoms with Gasteiger partial charge in [0.25, 0.3) is 5.91 Å². The first-order valence-electron chi connectivity index (χ1n) is 7.98. The van der Waals surface area contributed by atoms with Gasteiger partial charge in [-0.1, -0.05) is 0 Å². The molecule has 0 atom stereocenters. The summed E-state index contributed by atoms with van der Waals surface area (Å²) in [6, 6.07) is 3.72.